The van der Waals surface area contributed by atoms with E-state index >= 15 is 0 Å². The van der Waals surface area contributed by atoms with Crippen LogP contribution in [0.3, 0.4) is 0 Å². The van der Waals surface area contributed by atoms with Crippen LogP contribution in [0.25, 0.3) is 0 Å². The van der Waals surface area contributed by atoms with Crippen LogP contribution in [0.15, 0.2) is 60.7 Å². The molecule has 2 amide bonds. The second-order valence-corrected chi connectivity index (χ2v) is 9.10. The summed E-state index contributed by atoms with van der Waals surface area (Å²) >= 11 is 6.24. The van der Waals surface area contributed by atoms with Crippen molar-refractivity contribution in [3.63, 3.8) is 0 Å². The Morgan fingerprint density at radius 1 is 0.972 bits per heavy atom. The molecule has 7 nitrogen and oxygen atoms in total. The molecule has 8 heteroatoms. The van der Waals surface area contributed by atoms with Crippen molar-refractivity contribution in [1.82, 2.24) is 0 Å². The molecule has 186 valence electrons. The van der Waals surface area contributed by atoms with Crippen molar-refractivity contribution >= 4 is 40.9 Å². The predicted molar refractivity (Wildman–Crippen MR) is 139 cm³/mol. The van der Waals surface area contributed by atoms with Gasteiger partial charge in [-0.1, -0.05) is 29.8 Å². The summed E-state index contributed by atoms with van der Waals surface area (Å²) < 4.78 is 10.1. The third kappa shape index (κ3) is 5.36. The van der Waals surface area contributed by atoms with E-state index in [0.717, 1.165) is 11.1 Å². The van der Waals surface area contributed by atoms with Crippen molar-refractivity contribution in [3.05, 3.63) is 93.5 Å². The summed E-state index contributed by atoms with van der Waals surface area (Å²) in [6.45, 7) is 4.16. The lowest BCUT2D eigenvalue weighted by Gasteiger charge is -2.25. The van der Waals surface area contributed by atoms with Gasteiger partial charge in [-0.3, -0.25) is 9.59 Å². The zero-order valence-electron chi connectivity index (χ0n) is 20.3. The minimum Gasteiger partial charge on any atom is -0.438 e. The van der Waals surface area contributed by atoms with Crippen LogP contribution in [-0.4, -0.2) is 31.6 Å². The van der Waals surface area contributed by atoms with Crippen molar-refractivity contribution in [1.29, 1.82) is 0 Å². The minimum atomic E-state index is -0.787. The maximum absolute atomic E-state index is 13.7. The second-order valence-electron chi connectivity index (χ2n) is 8.66. The van der Waals surface area contributed by atoms with Crippen LogP contribution in [0.1, 0.15) is 56.4 Å². The molecule has 3 aromatic rings. The SMILES string of the molecule is COC(=O)OC1CCCN(C(=O)c2ccc(NC(=O)c3ccccc3C)cc2C)c2ccc(Cl)cc21. The second kappa shape index (κ2) is 10.8. The van der Waals surface area contributed by atoms with Crippen molar-refractivity contribution in [2.75, 3.05) is 23.9 Å². The number of carbonyl (C=O) groups excluding carboxylic acids is 3. The van der Waals surface area contributed by atoms with Gasteiger partial charge in [-0.15, -0.1) is 0 Å². The van der Waals surface area contributed by atoms with Crippen LogP contribution in [0.2, 0.25) is 5.02 Å². The van der Waals surface area contributed by atoms with Gasteiger partial charge in [0.05, 0.1) is 12.8 Å². The molecule has 1 atom stereocenters. The molecule has 0 radical (unpaired) electrons. The molecule has 0 spiro atoms. The summed E-state index contributed by atoms with van der Waals surface area (Å²) in [6.07, 6.45) is -0.229. The minimum absolute atomic E-state index is 0.188. The number of nitrogens with zero attached hydrogens (tertiary/aromatic N) is 1. The van der Waals surface area contributed by atoms with E-state index in [0.29, 0.717) is 52.5 Å². The van der Waals surface area contributed by atoms with Crippen molar-refractivity contribution in [3.8, 4) is 0 Å². The molecule has 0 bridgehead atoms. The van der Waals surface area contributed by atoms with Crippen LogP contribution in [0.4, 0.5) is 16.2 Å². The van der Waals surface area contributed by atoms with E-state index < -0.39 is 12.3 Å². The number of carbonyl (C=O) groups is 3. The number of anilines is 2. The first kappa shape index (κ1) is 25.3. The summed E-state index contributed by atoms with van der Waals surface area (Å²) in [5.74, 6) is -0.395. The predicted octanol–water partition coefficient (Wildman–Crippen LogP) is 6.47. The molecule has 0 saturated carbocycles. The summed E-state index contributed by atoms with van der Waals surface area (Å²) in [5.41, 5.74) is 4.60. The Kier molecular flexibility index (Phi) is 7.60. The van der Waals surface area contributed by atoms with Gasteiger partial charge >= 0.3 is 6.16 Å². The fraction of sp³-hybridized carbons (Fsp3) is 0.250. The van der Waals surface area contributed by atoms with Crippen LogP contribution in [0, 0.1) is 13.8 Å². The standard InChI is InChI=1S/C28H27ClN2O5/c1-17-7-4-5-8-21(17)26(32)30-20-11-12-22(18(2)15-20)27(33)31-14-6-9-25(36-28(34)35-3)23-16-19(29)10-13-24(23)31/h4-5,7-8,10-13,15-16,25H,6,9,14H2,1-3H3,(H,30,32). The first-order valence-electron chi connectivity index (χ1n) is 11.6. The zero-order valence-corrected chi connectivity index (χ0v) is 21.1. The molecule has 0 aromatic heterocycles. The quantitative estimate of drug-likeness (QED) is 0.410. The zero-order chi connectivity index (χ0) is 25.8. The molecule has 0 fully saturated rings. The molecule has 1 unspecified atom stereocenters. The molecular formula is C28H27ClN2O5. The van der Waals surface area contributed by atoms with Crippen LogP contribution < -0.4 is 10.2 Å². The smallest absolute Gasteiger partial charge is 0.438 e. The highest BCUT2D eigenvalue weighted by Gasteiger charge is 2.30. The van der Waals surface area contributed by atoms with Gasteiger partial charge in [0.15, 0.2) is 0 Å². The molecule has 1 aliphatic rings. The van der Waals surface area contributed by atoms with E-state index in [4.69, 9.17) is 16.3 Å². The number of methoxy groups -OCH3 is 1. The average Bonchev–Trinajstić information content (AvgIpc) is 3.03. The van der Waals surface area contributed by atoms with Gasteiger partial charge in [0, 0.05) is 33.9 Å². The molecule has 0 saturated heterocycles. The first-order valence-corrected chi connectivity index (χ1v) is 12.0. The van der Waals surface area contributed by atoms with E-state index in [2.05, 4.69) is 10.1 Å². The monoisotopic (exact) mass is 506 g/mol. The topological polar surface area (TPSA) is 84.9 Å². The number of benzene rings is 3. The Morgan fingerprint density at radius 3 is 2.47 bits per heavy atom. The number of rotatable bonds is 4. The number of nitrogens with one attached hydrogen (secondary N) is 1. The van der Waals surface area contributed by atoms with E-state index in [1.807, 2.05) is 32.0 Å². The lowest BCUT2D eigenvalue weighted by Crippen LogP contribution is -2.32. The molecule has 36 heavy (non-hydrogen) atoms. The van der Waals surface area contributed by atoms with Gasteiger partial charge in [-0.05, 0) is 80.3 Å². The maximum atomic E-state index is 13.7. The highest BCUT2D eigenvalue weighted by atomic mass is 35.5. The highest BCUT2D eigenvalue weighted by Crippen LogP contribution is 2.38. The Balaban J connectivity index is 1.60. The number of amides is 2. The molecule has 4 rings (SSSR count). The average molecular weight is 507 g/mol. The lowest BCUT2D eigenvalue weighted by molar-refractivity contribution is 0.0335. The third-order valence-electron chi connectivity index (χ3n) is 6.23. The van der Waals surface area contributed by atoms with Crippen LogP contribution in [-0.2, 0) is 9.47 Å². The van der Waals surface area contributed by atoms with Gasteiger partial charge in [0.1, 0.15) is 6.10 Å². The fourth-order valence-electron chi connectivity index (χ4n) is 4.39. The van der Waals surface area contributed by atoms with Gasteiger partial charge < -0.3 is 19.7 Å². The van der Waals surface area contributed by atoms with Crippen molar-refractivity contribution < 1.29 is 23.9 Å². The van der Waals surface area contributed by atoms with E-state index in [1.165, 1.54) is 7.11 Å². The third-order valence-corrected chi connectivity index (χ3v) is 6.47. The van der Waals surface area contributed by atoms with E-state index in [1.54, 1.807) is 47.4 Å². The summed E-state index contributed by atoms with van der Waals surface area (Å²) in [7, 11) is 1.25. The van der Waals surface area contributed by atoms with Gasteiger partial charge in [0.25, 0.3) is 11.8 Å². The van der Waals surface area contributed by atoms with Crippen molar-refractivity contribution in [2.45, 2.75) is 32.8 Å². The number of ether oxygens (including phenoxy) is 2. The van der Waals surface area contributed by atoms with E-state index in [-0.39, 0.29) is 11.8 Å². The lowest BCUT2D eigenvalue weighted by atomic mass is 10.0. The van der Waals surface area contributed by atoms with Gasteiger partial charge in [-0.25, -0.2) is 4.79 Å². The molecule has 1 N–H and O–H groups in total. The Morgan fingerprint density at radius 2 is 1.75 bits per heavy atom. The molecule has 0 aliphatic carbocycles. The largest absolute Gasteiger partial charge is 0.508 e. The van der Waals surface area contributed by atoms with Gasteiger partial charge in [-0.2, -0.15) is 0 Å². The molecule has 1 heterocycles. The fourth-order valence-corrected chi connectivity index (χ4v) is 4.57. The van der Waals surface area contributed by atoms with Crippen molar-refractivity contribution in [2.24, 2.45) is 0 Å². The summed E-state index contributed by atoms with van der Waals surface area (Å²) in [6, 6.07) is 17.8. The number of hydrogen-bond donors (Lipinski definition) is 1. The van der Waals surface area contributed by atoms with Gasteiger partial charge in [0.2, 0.25) is 0 Å². The molecule has 1 aliphatic heterocycles. The Hall–Kier alpha value is -3.84. The van der Waals surface area contributed by atoms with Crippen LogP contribution >= 0.6 is 11.6 Å². The molecule has 3 aromatic carbocycles. The Labute approximate surface area is 215 Å². The maximum Gasteiger partial charge on any atom is 0.508 e. The van der Waals surface area contributed by atoms with E-state index in [9.17, 15) is 14.4 Å². The first-order chi connectivity index (χ1) is 17.3. The normalized spacial score (nSPS) is 14.9. The number of halogens is 1. The Bertz CT molecular complexity index is 1320. The summed E-state index contributed by atoms with van der Waals surface area (Å²) in [4.78, 5) is 39.9. The number of hydrogen-bond acceptors (Lipinski definition) is 5. The van der Waals surface area contributed by atoms with Crippen LogP contribution in [0.5, 0.6) is 0 Å². The number of fused-ring (bicyclic) bond motifs is 1. The molecular weight excluding hydrogens is 480 g/mol. The highest BCUT2D eigenvalue weighted by molar-refractivity contribution is 6.30. The number of aryl methyl sites for hydroxylation is 2. The summed E-state index contributed by atoms with van der Waals surface area (Å²) in [5, 5.41) is 3.39.